The maximum Gasteiger partial charge on any atom is 0.327 e. The molecule has 0 aromatic heterocycles. The van der Waals surface area contributed by atoms with Gasteiger partial charge in [0.15, 0.2) is 0 Å². The third-order valence-electron chi connectivity index (χ3n) is 5.94. The Bertz CT molecular complexity index is 1160. The number of rotatable bonds is 5. The van der Waals surface area contributed by atoms with Gasteiger partial charge < -0.3 is 10.0 Å². The molecule has 0 aliphatic carbocycles. The van der Waals surface area contributed by atoms with Crippen LogP contribution >= 0.6 is 0 Å². The topological polar surface area (TPSA) is 60.9 Å². The largest absolute Gasteiger partial charge is 0.480 e. The molecule has 0 spiro atoms. The zero-order valence-corrected chi connectivity index (χ0v) is 18.6. The van der Waals surface area contributed by atoms with Crippen LogP contribution in [0.2, 0.25) is 0 Å². The van der Waals surface area contributed by atoms with Crippen LogP contribution in [0.15, 0.2) is 84.9 Å². The van der Waals surface area contributed by atoms with Crippen molar-refractivity contribution >= 4 is 11.9 Å². The number of carbonyl (C=O) groups excluding carboxylic acids is 1. The van der Waals surface area contributed by atoms with Gasteiger partial charge in [-0.1, -0.05) is 84.6 Å². The molecule has 4 rings (SSSR count). The maximum atomic E-state index is 13.8. The van der Waals surface area contributed by atoms with E-state index in [1.54, 1.807) is 18.2 Å². The maximum absolute atomic E-state index is 13.8. The van der Waals surface area contributed by atoms with Crippen molar-refractivity contribution in [2.24, 2.45) is 0 Å². The van der Waals surface area contributed by atoms with Crippen LogP contribution in [0.4, 0.5) is 4.39 Å². The van der Waals surface area contributed by atoms with Gasteiger partial charge in [-0.25, -0.2) is 9.18 Å². The molecule has 1 amide bonds. The molecule has 5 nitrogen and oxygen atoms in total. The van der Waals surface area contributed by atoms with E-state index in [1.165, 1.54) is 11.0 Å². The molecule has 3 aromatic rings. The number of halogens is 1. The lowest BCUT2D eigenvalue weighted by Gasteiger charge is -2.40. The van der Waals surface area contributed by atoms with E-state index < -0.39 is 17.9 Å². The smallest absolute Gasteiger partial charge is 0.327 e. The van der Waals surface area contributed by atoms with E-state index in [2.05, 4.69) is 11.8 Å². The Kier molecular flexibility index (Phi) is 7.36. The molecule has 1 aliphatic heterocycles. The fraction of sp³-hybridized carbons (Fsp3) is 0.214. The van der Waals surface area contributed by atoms with E-state index in [9.17, 15) is 19.1 Å². The molecule has 3 aromatic carbocycles. The van der Waals surface area contributed by atoms with Crippen LogP contribution in [0.5, 0.6) is 0 Å². The second-order valence-electron chi connectivity index (χ2n) is 8.16. The van der Waals surface area contributed by atoms with E-state index in [4.69, 9.17) is 0 Å². The standard InChI is InChI=1S/C28H25FN2O3/c29-24-16-8-7-10-21(24)15-9-17-30-18-19-31(25(20-30)28(33)34)27(32)26(22-11-3-1-4-12-22)23-13-5-2-6-14-23/h1-8,10-14,16,25-26H,17-20H2,(H,33,34)/t25-/m0/s1. The number of nitrogens with zero attached hydrogens (tertiary/aromatic N) is 2. The van der Waals surface area contributed by atoms with Crippen LogP contribution in [0.1, 0.15) is 22.6 Å². The van der Waals surface area contributed by atoms with Crippen LogP contribution in [-0.4, -0.2) is 59.0 Å². The number of hydrogen-bond acceptors (Lipinski definition) is 3. The number of benzene rings is 3. The number of carboxylic acid groups (broad SMARTS) is 1. The van der Waals surface area contributed by atoms with Gasteiger partial charge in [0.25, 0.3) is 0 Å². The van der Waals surface area contributed by atoms with Gasteiger partial charge in [-0.3, -0.25) is 9.69 Å². The lowest BCUT2D eigenvalue weighted by Crippen LogP contribution is -2.59. The van der Waals surface area contributed by atoms with Gasteiger partial charge >= 0.3 is 5.97 Å². The summed E-state index contributed by atoms with van der Waals surface area (Å²) >= 11 is 0. The minimum atomic E-state index is -1.06. The van der Waals surface area contributed by atoms with Gasteiger partial charge in [0, 0.05) is 19.6 Å². The number of piperazine rings is 1. The third-order valence-corrected chi connectivity index (χ3v) is 5.94. The summed E-state index contributed by atoms with van der Waals surface area (Å²) in [4.78, 5) is 29.2. The lowest BCUT2D eigenvalue weighted by molar-refractivity contribution is -0.153. The molecule has 1 atom stereocenters. The van der Waals surface area contributed by atoms with E-state index in [0.717, 1.165) is 11.1 Å². The number of carboxylic acids is 1. The summed E-state index contributed by atoms with van der Waals surface area (Å²) in [5, 5.41) is 9.93. The van der Waals surface area contributed by atoms with E-state index >= 15 is 0 Å². The zero-order chi connectivity index (χ0) is 23.9. The molecule has 1 aliphatic rings. The third kappa shape index (κ3) is 5.33. The fourth-order valence-electron chi connectivity index (χ4n) is 4.20. The van der Waals surface area contributed by atoms with Crippen LogP contribution < -0.4 is 0 Å². The van der Waals surface area contributed by atoms with Gasteiger partial charge in [-0.15, -0.1) is 0 Å². The van der Waals surface area contributed by atoms with Crippen molar-refractivity contribution in [2.45, 2.75) is 12.0 Å². The molecule has 34 heavy (non-hydrogen) atoms. The Labute approximate surface area is 198 Å². The summed E-state index contributed by atoms with van der Waals surface area (Å²) in [6.45, 7) is 1.20. The van der Waals surface area contributed by atoms with Crippen molar-refractivity contribution in [2.75, 3.05) is 26.2 Å². The predicted molar refractivity (Wildman–Crippen MR) is 128 cm³/mol. The summed E-state index contributed by atoms with van der Waals surface area (Å²) in [5.41, 5.74) is 1.95. The SMILES string of the molecule is O=C(O)[C@@H]1CN(CC#Cc2ccccc2F)CCN1C(=O)C(c1ccccc1)c1ccccc1. The first-order valence-electron chi connectivity index (χ1n) is 11.1. The van der Waals surface area contributed by atoms with Gasteiger partial charge in [-0.2, -0.15) is 0 Å². The first-order chi connectivity index (χ1) is 16.5. The van der Waals surface area contributed by atoms with Gasteiger partial charge in [-0.05, 0) is 23.3 Å². The van der Waals surface area contributed by atoms with Crippen LogP contribution in [0.3, 0.4) is 0 Å². The summed E-state index contributed by atoms with van der Waals surface area (Å²) in [5.74, 6) is 3.47. The number of aliphatic carboxylic acids is 1. The highest BCUT2D eigenvalue weighted by molar-refractivity contribution is 5.91. The highest BCUT2D eigenvalue weighted by Crippen LogP contribution is 2.28. The molecule has 172 valence electrons. The quantitative estimate of drug-likeness (QED) is 0.596. The van der Waals surface area contributed by atoms with Crippen molar-refractivity contribution in [3.63, 3.8) is 0 Å². The van der Waals surface area contributed by atoms with Crippen LogP contribution in [-0.2, 0) is 9.59 Å². The number of amides is 1. The summed E-state index contributed by atoms with van der Waals surface area (Å²) in [6.07, 6.45) is 0. The van der Waals surface area contributed by atoms with Gasteiger partial charge in [0.1, 0.15) is 11.9 Å². The monoisotopic (exact) mass is 456 g/mol. The fourth-order valence-corrected chi connectivity index (χ4v) is 4.20. The average Bonchev–Trinajstić information content (AvgIpc) is 2.86. The summed E-state index contributed by atoms with van der Waals surface area (Å²) in [7, 11) is 0. The molecular weight excluding hydrogens is 431 g/mol. The Morgan fingerprint density at radius 2 is 1.50 bits per heavy atom. The minimum Gasteiger partial charge on any atom is -0.480 e. The second-order valence-corrected chi connectivity index (χ2v) is 8.16. The molecule has 0 saturated carbocycles. The highest BCUT2D eigenvalue weighted by Gasteiger charge is 2.38. The molecule has 0 radical (unpaired) electrons. The Morgan fingerprint density at radius 3 is 2.09 bits per heavy atom. The first-order valence-corrected chi connectivity index (χ1v) is 11.1. The molecule has 1 heterocycles. The van der Waals surface area contributed by atoms with E-state index in [-0.39, 0.29) is 24.8 Å². The second kappa shape index (κ2) is 10.8. The molecule has 1 saturated heterocycles. The normalized spacial score (nSPS) is 16.1. The molecule has 6 heteroatoms. The summed E-state index contributed by atoms with van der Waals surface area (Å²) in [6, 6.07) is 24.1. The minimum absolute atomic E-state index is 0.156. The summed E-state index contributed by atoms with van der Waals surface area (Å²) < 4.78 is 13.8. The Hall–Kier alpha value is -3.95. The van der Waals surface area contributed by atoms with Crippen LogP contribution in [0.25, 0.3) is 0 Å². The molecule has 0 bridgehead atoms. The lowest BCUT2D eigenvalue weighted by atomic mass is 9.89. The van der Waals surface area contributed by atoms with Crippen molar-refractivity contribution < 1.29 is 19.1 Å². The Balaban J connectivity index is 1.53. The van der Waals surface area contributed by atoms with Gasteiger partial charge in [0.2, 0.25) is 5.91 Å². The number of carbonyl (C=O) groups is 2. The number of hydrogen-bond donors (Lipinski definition) is 1. The molecule has 1 fully saturated rings. The molecule has 0 unspecified atom stereocenters. The molecular formula is C28H25FN2O3. The Morgan fingerprint density at radius 1 is 0.912 bits per heavy atom. The molecule has 1 N–H and O–H groups in total. The average molecular weight is 457 g/mol. The van der Waals surface area contributed by atoms with Gasteiger partial charge in [0.05, 0.1) is 18.0 Å². The van der Waals surface area contributed by atoms with Crippen LogP contribution in [0, 0.1) is 17.7 Å². The van der Waals surface area contributed by atoms with Crippen molar-refractivity contribution in [1.29, 1.82) is 0 Å². The predicted octanol–water partition coefficient (Wildman–Crippen LogP) is 3.61. The van der Waals surface area contributed by atoms with Crippen molar-refractivity contribution in [3.05, 3.63) is 107 Å². The highest BCUT2D eigenvalue weighted by atomic mass is 19.1. The van der Waals surface area contributed by atoms with Crippen molar-refractivity contribution in [3.8, 4) is 11.8 Å². The van der Waals surface area contributed by atoms with E-state index in [1.807, 2.05) is 65.6 Å². The van der Waals surface area contributed by atoms with E-state index in [0.29, 0.717) is 18.7 Å². The van der Waals surface area contributed by atoms with Crippen molar-refractivity contribution in [1.82, 2.24) is 9.80 Å². The first kappa shape index (κ1) is 23.2. The zero-order valence-electron chi connectivity index (χ0n) is 18.6.